The molecule has 0 aromatic carbocycles. The van der Waals surface area contributed by atoms with Gasteiger partial charge in [0, 0.05) is 0 Å². The maximum atomic E-state index is 8.24. The zero-order chi connectivity index (χ0) is 8.12. The quantitative estimate of drug-likeness (QED) is 0.443. The first kappa shape index (κ1) is 22.7. The van der Waals surface area contributed by atoms with Gasteiger partial charge in [0.2, 0.25) is 0 Å². The van der Waals surface area contributed by atoms with E-state index in [0.717, 1.165) is 0 Å². The third-order valence-corrected chi connectivity index (χ3v) is 0. The number of hydrogen-bond acceptors (Lipinski definition) is 3. The van der Waals surface area contributed by atoms with Crippen LogP contribution in [0.4, 0.5) is 0 Å². The van der Waals surface area contributed by atoms with Crippen molar-refractivity contribution in [1.82, 2.24) is 0 Å². The minimum absolute atomic E-state index is 0. The summed E-state index contributed by atoms with van der Waals surface area (Å²) in [5, 5.41) is 20.3. The van der Waals surface area contributed by atoms with Gasteiger partial charge in [-0.15, -0.1) is 0 Å². The fourth-order valence-corrected chi connectivity index (χ4v) is 0. The summed E-state index contributed by atoms with van der Waals surface area (Å²) in [5.74, 6) is 0. The van der Waals surface area contributed by atoms with Crippen LogP contribution in [0.3, 0.4) is 0 Å². The first-order valence-electron chi connectivity index (χ1n) is 1.28. The summed E-state index contributed by atoms with van der Waals surface area (Å²) in [6.45, 7) is 0. The van der Waals surface area contributed by atoms with Crippen molar-refractivity contribution in [3.05, 3.63) is 16.2 Å². The topological polar surface area (TPSA) is 118 Å². The number of carbonyl (C=O) groups excluding carboxylic acids is 3. The Morgan fingerprint density at radius 1 is 0.700 bits per heavy atom. The van der Waals surface area contributed by atoms with Gasteiger partial charge in [0.15, 0.2) is 0 Å². The van der Waals surface area contributed by atoms with Crippen LogP contribution in [-0.4, -0.2) is 18.2 Å². The maximum Gasteiger partial charge on any atom is 3.00 e. The monoisotopic (exact) mass is 268 g/mol. The Hall–Kier alpha value is -0.509. The summed E-state index contributed by atoms with van der Waals surface area (Å²) < 4.78 is 0. The van der Waals surface area contributed by atoms with Crippen LogP contribution in [0.1, 0.15) is 0 Å². The van der Waals surface area contributed by atoms with Crippen LogP contribution < -0.4 is 0 Å². The summed E-state index contributed by atoms with van der Waals surface area (Å²) in [6.07, 6.45) is 1.50. The predicted octanol–water partition coefficient (Wildman–Crippen LogP) is -0.325. The van der Waals surface area contributed by atoms with Crippen molar-refractivity contribution in [2.45, 2.75) is 0 Å². The van der Waals surface area contributed by atoms with Gasteiger partial charge in [-0.2, -0.15) is 0 Å². The molecule has 0 heterocycles. The molecule has 0 saturated carbocycles. The minimum Gasteiger partial charge on any atom is -0.724 e. The second-order valence-corrected chi connectivity index (χ2v) is 0.274. The molecule has 0 fully saturated rings. The van der Waals surface area contributed by atoms with Gasteiger partial charge in [0.25, 0.3) is 0 Å². The van der Waals surface area contributed by atoms with Crippen molar-refractivity contribution < 1.29 is 55.2 Å². The van der Waals surface area contributed by atoms with E-state index >= 15 is 0 Å². The average Bonchev–Trinajstić information content (AvgIpc) is 1.70. The molecule has 0 aliphatic rings. The molecule has 7 heteroatoms. The zero-order valence-electron chi connectivity index (χ0n) is 4.57. The van der Waals surface area contributed by atoms with E-state index in [4.69, 9.17) is 30.6 Å². The van der Waals surface area contributed by atoms with Gasteiger partial charge in [-0.05, 0) is 18.2 Å². The summed E-state index contributed by atoms with van der Waals surface area (Å²) in [6, 6.07) is 0. The molecule has 0 unspecified atom stereocenters. The van der Waals surface area contributed by atoms with Gasteiger partial charge in [-0.25, -0.2) is 0 Å². The molecular formula is C3N3NdO3. The predicted molar refractivity (Wildman–Crippen MR) is 27.2 cm³/mol. The standard InChI is InChI=1S/3CNO.Nd/c3*2-1-3;/q3*-1;+3. The smallest absolute Gasteiger partial charge is 0.724 e. The van der Waals surface area contributed by atoms with Gasteiger partial charge >= 0.3 is 40.8 Å². The molecular weight excluding hydrogens is 270 g/mol. The minimum atomic E-state index is 0. The van der Waals surface area contributed by atoms with Crippen molar-refractivity contribution in [3.63, 3.8) is 0 Å². The molecule has 6 nitrogen and oxygen atoms in total. The molecule has 0 aliphatic carbocycles. The van der Waals surface area contributed by atoms with Gasteiger partial charge in [-0.3, -0.25) is 14.4 Å². The second-order valence-electron chi connectivity index (χ2n) is 0.274. The van der Waals surface area contributed by atoms with Crippen molar-refractivity contribution in [2.75, 3.05) is 0 Å². The van der Waals surface area contributed by atoms with Crippen molar-refractivity contribution in [2.24, 2.45) is 0 Å². The molecule has 0 atom stereocenters. The Labute approximate surface area is 89.1 Å². The molecule has 10 heavy (non-hydrogen) atoms. The molecule has 0 bridgehead atoms. The SMILES string of the molecule is [N-]=C=O.[N-]=C=O.[N-]=C=O.[Nd+3]. The maximum absolute atomic E-state index is 8.24. The molecule has 0 spiro atoms. The first-order chi connectivity index (χ1) is 4.24. The summed E-state index contributed by atoms with van der Waals surface area (Å²) in [7, 11) is 0. The largest absolute Gasteiger partial charge is 3.00 e. The number of isocyanates is 3. The van der Waals surface area contributed by atoms with Crippen molar-refractivity contribution >= 4 is 18.2 Å². The van der Waals surface area contributed by atoms with E-state index in [-0.39, 0.29) is 40.8 Å². The summed E-state index contributed by atoms with van der Waals surface area (Å²) >= 11 is 0. The van der Waals surface area contributed by atoms with E-state index in [2.05, 4.69) is 0 Å². The van der Waals surface area contributed by atoms with Crippen LogP contribution in [0.5, 0.6) is 0 Å². The fourth-order valence-electron chi connectivity index (χ4n) is 0. The van der Waals surface area contributed by atoms with E-state index in [0.29, 0.717) is 18.2 Å². The van der Waals surface area contributed by atoms with Crippen LogP contribution in [0.25, 0.3) is 16.2 Å². The molecule has 1 radical (unpaired) electrons. The number of rotatable bonds is 0. The molecule has 0 aliphatic heterocycles. The Morgan fingerprint density at radius 2 is 0.700 bits per heavy atom. The van der Waals surface area contributed by atoms with Crippen LogP contribution in [0.15, 0.2) is 0 Å². The Morgan fingerprint density at radius 3 is 0.700 bits per heavy atom. The first-order valence-corrected chi connectivity index (χ1v) is 1.28. The molecule has 0 aromatic heterocycles. The summed E-state index contributed by atoms with van der Waals surface area (Å²) in [4.78, 5) is 24.7. The molecule has 0 aromatic rings. The van der Waals surface area contributed by atoms with Crippen molar-refractivity contribution in [3.8, 4) is 0 Å². The third-order valence-electron chi connectivity index (χ3n) is 0. The summed E-state index contributed by atoms with van der Waals surface area (Å²) in [5.41, 5.74) is 0. The Bertz CT molecular complexity index is 111. The third kappa shape index (κ3) is 1220. The normalized spacial score (nSPS) is 2.40. The molecule has 0 rings (SSSR count). The van der Waals surface area contributed by atoms with Crippen LogP contribution >= 0.6 is 0 Å². The van der Waals surface area contributed by atoms with Gasteiger partial charge in [-0.1, -0.05) is 0 Å². The molecule has 0 amide bonds. The van der Waals surface area contributed by atoms with Crippen LogP contribution in [0.2, 0.25) is 0 Å². The molecule has 0 saturated heterocycles. The zero-order valence-corrected chi connectivity index (χ0v) is 7.77. The van der Waals surface area contributed by atoms with Crippen LogP contribution in [0, 0.1) is 40.8 Å². The van der Waals surface area contributed by atoms with E-state index in [1.807, 2.05) is 0 Å². The molecule has 0 N–H and O–H groups in total. The van der Waals surface area contributed by atoms with E-state index < -0.39 is 0 Å². The van der Waals surface area contributed by atoms with Crippen molar-refractivity contribution in [1.29, 1.82) is 0 Å². The fraction of sp³-hybridized carbons (Fsp3) is 0. The van der Waals surface area contributed by atoms with Gasteiger partial charge in [0.1, 0.15) is 0 Å². The van der Waals surface area contributed by atoms with Crippen LogP contribution in [-0.2, 0) is 14.4 Å². The van der Waals surface area contributed by atoms with E-state index in [1.165, 1.54) is 0 Å². The average molecular weight is 270 g/mol. The van der Waals surface area contributed by atoms with E-state index in [1.54, 1.807) is 0 Å². The Balaban J connectivity index is -0.0000000257. The van der Waals surface area contributed by atoms with Gasteiger partial charge < -0.3 is 16.2 Å². The number of hydrogen-bond donors (Lipinski definition) is 0. The molecule has 49 valence electrons. The Kier molecular flexibility index (Phi) is 174. The second kappa shape index (κ2) is 76.8. The number of nitrogens with zero attached hydrogens (tertiary/aromatic N) is 3. The van der Waals surface area contributed by atoms with Gasteiger partial charge in [0.05, 0.1) is 0 Å². The van der Waals surface area contributed by atoms with E-state index in [9.17, 15) is 0 Å².